The first kappa shape index (κ1) is 17.4. The van der Waals surface area contributed by atoms with Crippen molar-refractivity contribution in [1.82, 2.24) is 5.32 Å². The van der Waals surface area contributed by atoms with Crippen molar-refractivity contribution in [3.8, 4) is 0 Å². The number of halogens is 2. The van der Waals surface area contributed by atoms with E-state index in [1.807, 2.05) is 13.8 Å². The van der Waals surface area contributed by atoms with Gasteiger partial charge in [-0.05, 0) is 36.2 Å². The molecular weight excluding hydrogens is 339 g/mol. The fraction of sp³-hybridized carbons (Fsp3) is 0.250. The second-order valence-electron chi connectivity index (χ2n) is 5.29. The molecule has 0 aliphatic heterocycles. The predicted molar refractivity (Wildman–Crippen MR) is 89.9 cm³/mol. The van der Waals surface area contributed by atoms with Gasteiger partial charge >= 0.3 is 0 Å². The van der Waals surface area contributed by atoms with Gasteiger partial charge in [0.2, 0.25) is 5.91 Å². The van der Waals surface area contributed by atoms with Gasteiger partial charge in [0.05, 0.1) is 16.3 Å². The Labute approximate surface area is 144 Å². The van der Waals surface area contributed by atoms with Crippen LogP contribution in [0.1, 0.15) is 24.4 Å². The summed E-state index contributed by atoms with van der Waals surface area (Å²) >= 11 is 11.8. The van der Waals surface area contributed by atoms with Crippen molar-refractivity contribution in [2.24, 2.45) is 5.92 Å². The molecule has 0 bridgehead atoms. The summed E-state index contributed by atoms with van der Waals surface area (Å²) in [5, 5.41) is 6.11. The standard InChI is InChI=1S/C16H16Cl2N2O3/c1-9(2)14(20-15(21)13-4-3-7-23-13)16(22)19-10-5-6-11(17)12(18)8-10/h3-9,14H,1-2H3,(H,19,22)(H,20,21)/t14-/m0/s1. The van der Waals surface area contributed by atoms with Crippen LogP contribution in [0.3, 0.4) is 0 Å². The molecule has 122 valence electrons. The van der Waals surface area contributed by atoms with Crippen LogP contribution in [-0.2, 0) is 4.79 Å². The van der Waals surface area contributed by atoms with E-state index < -0.39 is 11.9 Å². The topological polar surface area (TPSA) is 71.3 Å². The summed E-state index contributed by atoms with van der Waals surface area (Å²) < 4.78 is 5.03. The van der Waals surface area contributed by atoms with E-state index in [-0.39, 0.29) is 17.6 Å². The number of hydrogen-bond donors (Lipinski definition) is 2. The molecule has 0 saturated heterocycles. The van der Waals surface area contributed by atoms with E-state index in [1.54, 1.807) is 24.3 Å². The Morgan fingerprint density at radius 3 is 2.43 bits per heavy atom. The van der Waals surface area contributed by atoms with Crippen molar-refractivity contribution in [3.63, 3.8) is 0 Å². The summed E-state index contributed by atoms with van der Waals surface area (Å²) in [5.74, 6) is -0.758. The number of rotatable bonds is 5. The predicted octanol–water partition coefficient (Wildman–Crippen LogP) is 3.98. The normalized spacial score (nSPS) is 12.0. The first-order valence-corrected chi connectivity index (χ1v) is 7.74. The van der Waals surface area contributed by atoms with Crippen LogP contribution in [0.2, 0.25) is 10.0 Å². The number of amides is 2. The van der Waals surface area contributed by atoms with Gasteiger partial charge in [-0.15, -0.1) is 0 Å². The lowest BCUT2D eigenvalue weighted by Crippen LogP contribution is -2.47. The summed E-state index contributed by atoms with van der Waals surface area (Å²) in [5.41, 5.74) is 0.502. The van der Waals surface area contributed by atoms with Crippen LogP contribution in [0.4, 0.5) is 5.69 Å². The second kappa shape index (κ2) is 7.53. The maximum atomic E-state index is 12.4. The molecular formula is C16H16Cl2N2O3. The Bertz CT molecular complexity index is 699. The maximum absolute atomic E-state index is 12.4. The van der Waals surface area contributed by atoms with Crippen LogP contribution in [0.5, 0.6) is 0 Å². The van der Waals surface area contributed by atoms with E-state index in [2.05, 4.69) is 10.6 Å². The van der Waals surface area contributed by atoms with Gasteiger partial charge in [-0.2, -0.15) is 0 Å². The first-order valence-electron chi connectivity index (χ1n) is 6.98. The lowest BCUT2D eigenvalue weighted by molar-refractivity contribution is -0.118. The SMILES string of the molecule is CC(C)[C@H](NC(=O)c1ccco1)C(=O)Nc1ccc(Cl)c(Cl)c1. The van der Waals surface area contributed by atoms with Gasteiger partial charge in [-0.1, -0.05) is 37.0 Å². The van der Waals surface area contributed by atoms with E-state index in [4.69, 9.17) is 27.6 Å². The van der Waals surface area contributed by atoms with E-state index in [1.165, 1.54) is 12.3 Å². The first-order chi connectivity index (χ1) is 10.9. The summed E-state index contributed by atoms with van der Waals surface area (Å²) in [6, 6.07) is 7.19. The quantitative estimate of drug-likeness (QED) is 0.852. The highest BCUT2D eigenvalue weighted by atomic mass is 35.5. The van der Waals surface area contributed by atoms with Gasteiger partial charge in [0.15, 0.2) is 5.76 Å². The van der Waals surface area contributed by atoms with E-state index in [9.17, 15) is 9.59 Å². The van der Waals surface area contributed by atoms with Gasteiger partial charge in [0, 0.05) is 5.69 Å². The third kappa shape index (κ3) is 4.50. The molecule has 2 aromatic rings. The van der Waals surface area contributed by atoms with Crippen LogP contribution < -0.4 is 10.6 Å². The Morgan fingerprint density at radius 1 is 1.13 bits per heavy atom. The zero-order chi connectivity index (χ0) is 17.0. The average molecular weight is 355 g/mol. The molecule has 1 aromatic carbocycles. The fourth-order valence-corrected chi connectivity index (χ4v) is 2.25. The van der Waals surface area contributed by atoms with Gasteiger partial charge in [0.25, 0.3) is 5.91 Å². The van der Waals surface area contributed by atoms with Gasteiger partial charge in [0.1, 0.15) is 6.04 Å². The number of nitrogens with one attached hydrogen (secondary N) is 2. The second-order valence-corrected chi connectivity index (χ2v) is 6.10. The molecule has 2 N–H and O–H groups in total. The lowest BCUT2D eigenvalue weighted by Gasteiger charge is -2.21. The van der Waals surface area contributed by atoms with Crippen molar-refractivity contribution >= 4 is 40.7 Å². The van der Waals surface area contributed by atoms with Gasteiger partial charge in [-0.25, -0.2) is 0 Å². The summed E-state index contributed by atoms with van der Waals surface area (Å²) in [6.45, 7) is 3.67. The van der Waals surface area contributed by atoms with Crippen LogP contribution in [-0.4, -0.2) is 17.9 Å². The highest BCUT2D eigenvalue weighted by molar-refractivity contribution is 6.42. The maximum Gasteiger partial charge on any atom is 0.287 e. The molecule has 2 amide bonds. The molecule has 0 unspecified atom stereocenters. The van der Waals surface area contributed by atoms with Gasteiger partial charge < -0.3 is 15.1 Å². The molecule has 0 aliphatic carbocycles. The summed E-state index contributed by atoms with van der Waals surface area (Å²) in [7, 11) is 0. The smallest absolute Gasteiger partial charge is 0.287 e. The van der Waals surface area contributed by atoms with Crippen molar-refractivity contribution in [3.05, 3.63) is 52.4 Å². The van der Waals surface area contributed by atoms with E-state index in [0.717, 1.165) is 0 Å². The third-order valence-corrected chi connectivity index (χ3v) is 3.91. The van der Waals surface area contributed by atoms with Crippen molar-refractivity contribution in [2.75, 3.05) is 5.32 Å². The Morgan fingerprint density at radius 2 is 1.87 bits per heavy atom. The van der Waals surface area contributed by atoms with E-state index in [0.29, 0.717) is 15.7 Å². The number of benzene rings is 1. The Balaban J connectivity index is 2.09. The summed E-state index contributed by atoms with van der Waals surface area (Å²) in [4.78, 5) is 24.5. The summed E-state index contributed by atoms with van der Waals surface area (Å²) in [6.07, 6.45) is 1.40. The minimum Gasteiger partial charge on any atom is -0.459 e. The zero-order valence-electron chi connectivity index (χ0n) is 12.6. The Kier molecular flexibility index (Phi) is 5.69. The number of carbonyl (C=O) groups is 2. The molecule has 5 nitrogen and oxygen atoms in total. The number of anilines is 1. The number of carbonyl (C=O) groups excluding carboxylic acids is 2. The molecule has 1 heterocycles. The molecule has 23 heavy (non-hydrogen) atoms. The molecule has 1 aromatic heterocycles. The van der Waals surface area contributed by atoms with Crippen molar-refractivity contribution in [1.29, 1.82) is 0 Å². The highest BCUT2D eigenvalue weighted by Gasteiger charge is 2.25. The van der Waals surface area contributed by atoms with Crippen molar-refractivity contribution < 1.29 is 14.0 Å². The minimum atomic E-state index is -0.720. The number of furan rings is 1. The van der Waals surface area contributed by atoms with Crippen LogP contribution >= 0.6 is 23.2 Å². The zero-order valence-corrected chi connectivity index (χ0v) is 14.1. The monoisotopic (exact) mass is 354 g/mol. The molecule has 1 atom stereocenters. The molecule has 7 heteroatoms. The highest BCUT2D eigenvalue weighted by Crippen LogP contribution is 2.25. The number of hydrogen-bond acceptors (Lipinski definition) is 3. The van der Waals surface area contributed by atoms with E-state index >= 15 is 0 Å². The fourth-order valence-electron chi connectivity index (χ4n) is 1.95. The third-order valence-electron chi connectivity index (χ3n) is 3.17. The molecule has 0 spiro atoms. The lowest BCUT2D eigenvalue weighted by atomic mass is 10.0. The molecule has 0 saturated carbocycles. The molecule has 2 rings (SSSR count). The molecule has 0 aliphatic rings. The van der Waals surface area contributed by atoms with Crippen LogP contribution in [0.25, 0.3) is 0 Å². The van der Waals surface area contributed by atoms with Crippen LogP contribution in [0.15, 0.2) is 41.0 Å². The largest absolute Gasteiger partial charge is 0.459 e. The average Bonchev–Trinajstić information content (AvgIpc) is 3.02. The molecule has 0 fully saturated rings. The van der Waals surface area contributed by atoms with Crippen LogP contribution in [0, 0.1) is 5.92 Å². The van der Waals surface area contributed by atoms with Gasteiger partial charge in [-0.3, -0.25) is 9.59 Å². The van der Waals surface area contributed by atoms with Crippen molar-refractivity contribution in [2.45, 2.75) is 19.9 Å². The minimum absolute atomic E-state index is 0.114. The Hall–Kier alpha value is -1.98. The molecule has 0 radical (unpaired) electrons.